The highest BCUT2D eigenvalue weighted by atomic mass is 16.5. The van der Waals surface area contributed by atoms with E-state index in [-0.39, 0.29) is 0 Å². The molecule has 78 valence electrons. The van der Waals surface area contributed by atoms with Crippen LogP contribution in [0.1, 0.15) is 0 Å². The minimum Gasteiger partial charge on any atom is -0.479 e. The Bertz CT molecular complexity index is 293. The summed E-state index contributed by atoms with van der Waals surface area (Å²) in [5.74, 6) is 0.626. The van der Waals surface area contributed by atoms with Crippen molar-refractivity contribution in [3.05, 3.63) is 6.33 Å². The van der Waals surface area contributed by atoms with E-state index in [1.165, 1.54) is 13.4 Å². The van der Waals surface area contributed by atoms with Crippen LogP contribution in [0.25, 0.3) is 0 Å². The molecule has 14 heavy (non-hydrogen) atoms. The average Bonchev–Trinajstić information content (AvgIpc) is 2.21. The van der Waals surface area contributed by atoms with Crippen molar-refractivity contribution >= 4 is 5.69 Å². The molecule has 1 aromatic heterocycles. The summed E-state index contributed by atoms with van der Waals surface area (Å²) in [6.45, 7) is 0.868. The molecule has 0 aliphatic rings. The molecule has 0 aliphatic carbocycles. The Morgan fingerprint density at radius 3 is 2.57 bits per heavy atom. The average molecular weight is 199 g/mol. The van der Waals surface area contributed by atoms with Crippen molar-refractivity contribution in [2.45, 2.75) is 0 Å². The van der Waals surface area contributed by atoms with Gasteiger partial charge in [0.15, 0.2) is 5.69 Å². The molecule has 0 amide bonds. The van der Waals surface area contributed by atoms with E-state index in [0.717, 1.165) is 0 Å². The molecule has 6 heteroatoms. The van der Waals surface area contributed by atoms with Gasteiger partial charge in [0, 0.05) is 7.11 Å². The second kappa shape index (κ2) is 5.23. The smallest absolute Gasteiger partial charge is 0.244 e. The number of aromatic nitrogens is 2. The predicted octanol–water partition coefficient (Wildman–Crippen LogP) is 0.0926. The first-order chi connectivity index (χ1) is 6.79. The minimum atomic E-state index is 0.297. The third-order valence-corrected chi connectivity index (χ3v) is 1.53. The maximum absolute atomic E-state index is 5.66. The van der Waals surface area contributed by atoms with E-state index in [2.05, 4.69) is 9.97 Å². The lowest BCUT2D eigenvalue weighted by atomic mass is 10.5. The van der Waals surface area contributed by atoms with Gasteiger partial charge in [0.1, 0.15) is 12.9 Å². The van der Waals surface area contributed by atoms with Crippen LogP contribution in [0.15, 0.2) is 6.33 Å². The molecule has 1 heterocycles. The number of anilines is 1. The Morgan fingerprint density at radius 2 is 1.93 bits per heavy atom. The molecule has 0 fully saturated rings. The summed E-state index contributed by atoms with van der Waals surface area (Å²) in [6.07, 6.45) is 1.33. The van der Waals surface area contributed by atoms with Crippen LogP contribution in [0.3, 0.4) is 0 Å². The van der Waals surface area contributed by atoms with E-state index in [0.29, 0.717) is 30.7 Å². The van der Waals surface area contributed by atoms with Crippen LogP contribution in [-0.2, 0) is 4.74 Å². The Kier molecular flexibility index (Phi) is 3.93. The van der Waals surface area contributed by atoms with E-state index >= 15 is 0 Å². The van der Waals surface area contributed by atoms with Crippen LogP contribution in [0, 0.1) is 0 Å². The number of nitrogen functional groups attached to an aromatic ring is 1. The van der Waals surface area contributed by atoms with Gasteiger partial charge >= 0.3 is 0 Å². The van der Waals surface area contributed by atoms with Gasteiger partial charge in [0.05, 0.1) is 13.7 Å². The number of nitrogens with two attached hydrogens (primary N) is 1. The van der Waals surface area contributed by atoms with E-state index in [9.17, 15) is 0 Å². The van der Waals surface area contributed by atoms with Crippen molar-refractivity contribution in [2.75, 3.05) is 33.2 Å². The summed E-state index contributed by atoms with van der Waals surface area (Å²) in [5, 5.41) is 0. The van der Waals surface area contributed by atoms with Crippen molar-refractivity contribution in [2.24, 2.45) is 0 Å². The predicted molar refractivity (Wildman–Crippen MR) is 50.4 cm³/mol. The fourth-order valence-electron chi connectivity index (χ4n) is 0.864. The number of methoxy groups -OCH3 is 2. The zero-order chi connectivity index (χ0) is 10.4. The first-order valence-corrected chi connectivity index (χ1v) is 4.05. The Labute approximate surface area is 82.0 Å². The molecule has 0 unspecified atom stereocenters. The van der Waals surface area contributed by atoms with Gasteiger partial charge in [-0.25, -0.2) is 0 Å². The molecule has 0 aromatic carbocycles. The van der Waals surface area contributed by atoms with Crippen LogP contribution >= 0.6 is 0 Å². The van der Waals surface area contributed by atoms with Gasteiger partial charge in [-0.05, 0) is 0 Å². The van der Waals surface area contributed by atoms with Crippen LogP contribution < -0.4 is 15.2 Å². The zero-order valence-electron chi connectivity index (χ0n) is 8.19. The molecule has 2 N–H and O–H groups in total. The molecule has 0 radical (unpaired) electrons. The molecule has 1 aromatic rings. The lowest BCUT2D eigenvalue weighted by molar-refractivity contribution is 0.144. The normalized spacial score (nSPS) is 9.86. The van der Waals surface area contributed by atoms with Crippen molar-refractivity contribution < 1.29 is 14.2 Å². The summed E-state index contributed by atoms with van der Waals surface area (Å²) in [4.78, 5) is 7.68. The fourth-order valence-corrected chi connectivity index (χ4v) is 0.864. The third-order valence-electron chi connectivity index (χ3n) is 1.53. The van der Waals surface area contributed by atoms with Gasteiger partial charge in [-0.15, -0.1) is 0 Å². The van der Waals surface area contributed by atoms with Crippen molar-refractivity contribution in [1.29, 1.82) is 0 Å². The monoisotopic (exact) mass is 199 g/mol. The largest absolute Gasteiger partial charge is 0.479 e. The summed E-state index contributed by atoms with van der Waals surface area (Å²) in [7, 11) is 3.07. The number of hydrogen-bond donors (Lipinski definition) is 1. The number of nitrogens with zero attached hydrogens (tertiary/aromatic N) is 2. The molecule has 6 nitrogen and oxygen atoms in total. The highest BCUT2D eigenvalue weighted by Crippen LogP contribution is 2.25. The highest BCUT2D eigenvalue weighted by molar-refractivity contribution is 5.55. The summed E-state index contributed by atoms with van der Waals surface area (Å²) < 4.78 is 15.0. The molecule has 0 spiro atoms. The SMILES string of the molecule is COCCOc1ncnc(OC)c1N. The third kappa shape index (κ3) is 2.46. The van der Waals surface area contributed by atoms with Crippen molar-refractivity contribution in [3.63, 3.8) is 0 Å². The van der Waals surface area contributed by atoms with Crippen LogP contribution in [0.2, 0.25) is 0 Å². The van der Waals surface area contributed by atoms with Gasteiger partial charge in [0.2, 0.25) is 11.8 Å². The Hall–Kier alpha value is -1.56. The summed E-state index contributed by atoms with van der Waals surface area (Å²) in [5.41, 5.74) is 5.96. The van der Waals surface area contributed by atoms with Crippen molar-refractivity contribution in [3.8, 4) is 11.8 Å². The van der Waals surface area contributed by atoms with E-state index in [1.807, 2.05) is 0 Å². The second-order valence-corrected chi connectivity index (χ2v) is 2.44. The van der Waals surface area contributed by atoms with Crippen LogP contribution in [0.5, 0.6) is 11.8 Å². The first-order valence-electron chi connectivity index (χ1n) is 4.05. The number of rotatable bonds is 5. The highest BCUT2D eigenvalue weighted by Gasteiger charge is 2.08. The van der Waals surface area contributed by atoms with E-state index < -0.39 is 0 Å². The fraction of sp³-hybridized carbons (Fsp3) is 0.500. The molecule has 0 saturated heterocycles. The minimum absolute atomic E-state index is 0.297. The maximum Gasteiger partial charge on any atom is 0.244 e. The number of ether oxygens (including phenoxy) is 3. The standard InChI is InChI=1S/C8H13N3O3/c1-12-3-4-14-8-6(9)7(13-2)10-5-11-8/h5H,3-4,9H2,1-2H3. The zero-order valence-corrected chi connectivity index (χ0v) is 8.19. The lowest BCUT2D eigenvalue weighted by Gasteiger charge is -2.08. The number of hydrogen-bond acceptors (Lipinski definition) is 6. The van der Waals surface area contributed by atoms with Gasteiger partial charge < -0.3 is 19.9 Å². The molecule has 0 atom stereocenters. The van der Waals surface area contributed by atoms with Gasteiger partial charge in [0.25, 0.3) is 0 Å². The van der Waals surface area contributed by atoms with Crippen molar-refractivity contribution in [1.82, 2.24) is 9.97 Å². The molecule has 0 bridgehead atoms. The van der Waals surface area contributed by atoms with E-state index in [1.54, 1.807) is 7.11 Å². The summed E-state index contributed by atoms with van der Waals surface area (Å²) in [6, 6.07) is 0. The summed E-state index contributed by atoms with van der Waals surface area (Å²) >= 11 is 0. The maximum atomic E-state index is 5.66. The second-order valence-electron chi connectivity index (χ2n) is 2.44. The van der Waals surface area contributed by atoms with Gasteiger partial charge in [-0.2, -0.15) is 9.97 Å². The van der Waals surface area contributed by atoms with Crippen LogP contribution in [-0.4, -0.2) is 37.4 Å². The van der Waals surface area contributed by atoms with Gasteiger partial charge in [-0.1, -0.05) is 0 Å². The lowest BCUT2D eigenvalue weighted by Crippen LogP contribution is -2.08. The van der Waals surface area contributed by atoms with Gasteiger partial charge in [-0.3, -0.25) is 0 Å². The molecular formula is C8H13N3O3. The topological polar surface area (TPSA) is 79.5 Å². The molecule has 0 saturated carbocycles. The Balaban J connectivity index is 2.66. The van der Waals surface area contributed by atoms with Crippen LogP contribution in [0.4, 0.5) is 5.69 Å². The molecular weight excluding hydrogens is 186 g/mol. The molecule has 1 rings (SSSR count). The molecule has 0 aliphatic heterocycles. The first kappa shape index (κ1) is 10.5. The Morgan fingerprint density at radius 1 is 1.21 bits per heavy atom. The quantitative estimate of drug-likeness (QED) is 0.677. The van der Waals surface area contributed by atoms with E-state index in [4.69, 9.17) is 19.9 Å².